The fourth-order valence-electron chi connectivity index (χ4n) is 3.21. The lowest BCUT2D eigenvalue weighted by Crippen LogP contribution is -2.45. The normalized spacial score (nSPS) is 14.8. The fourth-order valence-corrected chi connectivity index (χ4v) is 3.83. The molecule has 2 aromatic carbocycles. The van der Waals surface area contributed by atoms with Crippen LogP contribution in [0.3, 0.4) is 0 Å². The van der Waals surface area contributed by atoms with Crippen molar-refractivity contribution in [1.29, 1.82) is 0 Å². The summed E-state index contributed by atoms with van der Waals surface area (Å²) in [6.45, 7) is 1.20. The maximum absolute atomic E-state index is 12.4. The Morgan fingerprint density at radius 1 is 1.14 bits per heavy atom. The van der Waals surface area contributed by atoms with E-state index in [2.05, 4.69) is 21.2 Å². The van der Waals surface area contributed by atoms with E-state index in [4.69, 9.17) is 25.8 Å². The summed E-state index contributed by atoms with van der Waals surface area (Å²) in [6, 6.07) is 9.00. The number of anilines is 1. The average Bonchev–Trinajstić information content (AvgIpc) is 2.70. The van der Waals surface area contributed by atoms with Gasteiger partial charge in [-0.15, -0.1) is 0 Å². The lowest BCUT2D eigenvalue weighted by atomic mass is 10.1. The molecule has 152 valence electrons. The van der Waals surface area contributed by atoms with Crippen LogP contribution in [0.1, 0.15) is 5.56 Å². The predicted molar refractivity (Wildman–Crippen MR) is 111 cm³/mol. The van der Waals surface area contributed by atoms with Gasteiger partial charge in [-0.3, -0.25) is 14.5 Å². The molecule has 0 radical (unpaired) electrons. The molecule has 0 atom stereocenters. The van der Waals surface area contributed by atoms with Crippen LogP contribution in [0.15, 0.2) is 34.8 Å². The van der Waals surface area contributed by atoms with Crippen molar-refractivity contribution >= 4 is 45.0 Å². The van der Waals surface area contributed by atoms with E-state index < -0.39 is 0 Å². The number of amides is 2. The van der Waals surface area contributed by atoms with Gasteiger partial charge in [-0.05, 0) is 42.3 Å². The predicted octanol–water partition coefficient (Wildman–Crippen LogP) is 2.96. The van der Waals surface area contributed by atoms with E-state index in [0.717, 1.165) is 10.0 Å². The number of carbonyl (C=O) groups excluding carboxylic acids is 2. The van der Waals surface area contributed by atoms with Gasteiger partial charge in [0.1, 0.15) is 25.5 Å². The third-order valence-electron chi connectivity index (χ3n) is 4.56. The second-order valence-corrected chi connectivity index (χ2v) is 7.91. The maximum Gasteiger partial charge on any atom is 0.265 e. The molecule has 9 heteroatoms. The van der Waals surface area contributed by atoms with E-state index >= 15 is 0 Å². The summed E-state index contributed by atoms with van der Waals surface area (Å²) in [5.41, 5.74) is 1.51. The lowest BCUT2D eigenvalue weighted by molar-refractivity contribution is -0.125. The van der Waals surface area contributed by atoms with Crippen LogP contribution in [0.25, 0.3) is 0 Å². The summed E-state index contributed by atoms with van der Waals surface area (Å²) >= 11 is 9.61. The summed E-state index contributed by atoms with van der Waals surface area (Å²) in [7, 11) is 0. The number of hydrogen-bond acceptors (Lipinski definition) is 5. The Labute approximate surface area is 181 Å². The number of rotatable bonds is 5. The van der Waals surface area contributed by atoms with Gasteiger partial charge in [0.15, 0.2) is 18.1 Å². The second kappa shape index (κ2) is 8.51. The molecule has 0 fully saturated rings. The standard InChI is InChI=1S/C20H18BrClN2O5/c21-13-1-2-15-16(9-13)29-11-19(26)24(15)10-18(25)23-4-3-12-7-14(22)20-17(8-12)27-5-6-28-20/h1-2,7-9H,3-6,10-11H2,(H,23,25). The number of benzene rings is 2. The number of hydrogen-bond donors (Lipinski definition) is 1. The highest BCUT2D eigenvalue weighted by Crippen LogP contribution is 2.38. The first-order valence-corrected chi connectivity index (χ1v) is 10.3. The molecule has 0 aromatic heterocycles. The highest BCUT2D eigenvalue weighted by atomic mass is 79.9. The van der Waals surface area contributed by atoms with E-state index in [1.54, 1.807) is 24.3 Å². The van der Waals surface area contributed by atoms with Gasteiger partial charge in [-0.2, -0.15) is 0 Å². The smallest absolute Gasteiger partial charge is 0.265 e. The molecule has 0 unspecified atom stereocenters. The van der Waals surface area contributed by atoms with Crippen LogP contribution in [-0.4, -0.2) is 44.7 Å². The van der Waals surface area contributed by atoms with Crippen molar-refractivity contribution in [3.05, 3.63) is 45.4 Å². The van der Waals surface area contributed by atoms with E-state index in [0.29, 0.717) is 54.1 Å². The van der Waals surface area contributed by atoms with Crippen LogP contribution in [0, 0.1) is 0 Å². The molecule has 2 aliphatic rings. The molecule has 0 spiro atoms. The lowest BCUT2D eigenvalue weighted by Gasteiger charge is -2.29. The van der Waals surface area contributed by atoms with Gasteiger partial charge >= 0.3 is 0 Å². The van der Waals surface area contributed by atoms with Crippen LogP contribution in [0.5, 0.6) is 17.2 Å². The average molecular weight is 482 g/mol. The molecular formula is C20H18BrClN2O5. The second-order valence-electron chi connectivity index (χ2n) is 6.58. The van der Waals surface area contributed by atoms with Crippen molar-refractivity contribution in [2.24, 2.45) is 0 Å². The Morgan fingerprint density at radius 2 is 1.97 bits per heavy atom. The van der Waals surface area contributed by atoms with Gasteiger partial charge in [0.05, 0.1) is 10.7 Å². The summed E-state index contributed by atoms with van der Waals surface area (Å²) in [6.07, 6.45) is 0.572. The van der Waals surface area contributed by atoms with Crippen LogP contribution in [0.4, 0.5) is 5.69 Å². The van der Waals surface area contributed by atoms with Gasteiger partial charge in [-0.25, -0.2) is 0 Å². The van der Waals surface area contributed by atoms with Crippen molar-refractivity contribution in [2.75, 3.05) is 37.8 Å². The first-order chi connectivity index (χ1) is 14.0. The third kappa shape index (κ3) is 4.43. The van der Waals surface area contributed by atoms with Crippen LogP contribution in [-0.2, 0) is 16.0 Å². The Hall–Kier alpha value is -2.45. The van der Waals surface area contributed by atoms with Gasteiger partial charge < -0.3 is 19.5 Å². The summed E-state index contributed by atoms with van der Waals surface area (Å²) in [5.74, 6) is 1.23. The summed E-state index contributed by atoms with van der Waals surface area (Å²) in [5, 5.41) is 3.33. The minimum Gasteiger partial charge on any atom is -0.486 e. The highest BCUT2D eigenvalue weighted by molar-refractivity contribution is 9.10. The summed E-state index contributed by atoms with van der Waals surface area (Å²) < 4.78 is 17.4. The van der Waals surface area contributed by atoms with E-state index in [1.807, 2.05) is 6.07 Å². The van der Waals surface area contributed by atoms with E-state index in [9.17, 15) is 9.59 Å². The Kier molecular flexibility index (Phi) is 5.82. The van der Waals surface area contributed by atoms with Gasteiger partial charge in [-0.1, -0.05) is 27.5 Å². The van der Waals surface area contributed by atoms with E-state index in [-0.39, 0.29) is 25.0 Å². The molecule has 2 aromatic rings. The molecule has 0 aliphatic carbocycles. The molecule has 1 N–H and O–H groups in total. The number of carbonyl (C=O) groups is 2. The molecule has 2 aliphatic heterocycles. The molecule has 0 saturated heterocycles. The molecule has 0 saturated carbocycles. The van der Waals surface area contributed by atoms with Crippen molar-refractivity contribution in [1.82, 2.24) is 5.32 Å². The number of nitrogens with one attached hydrogen (secondary N) is 1. The number of ether oxygens (including phenoxy) is 3. The first-order valence-electron chi connectivity index (χ1n) is 9.08. The van der Waals surface area contributed by atoms with E-state index in [1.165, 1.54) is 4.90 Å². The van der Waals surface area contributed by atoms with Crippen molar-refractivity contribution in [3.63, 3.8) is 0 Å². The van der Waals surface area contributed by atoms with Crippen molar-refractivity contribution in [3.8, 4) is 17.2 Å². The zero-order valence-electron chi connectivity index (χ0n) is 15.4. The molecule has 2 heterocycles. The Balaban J connectivity index is 1.35. The molecule has 7 nitrogen and oxygen atoms in total. The van der Waals surface area contributed by atoms with Crippen LogP contribution >= 0.6 is 27.5 Å². The number of halogens is 2. The van der Waals surface area contributed by atoms with Gasteiger partial charge in [0.2, 0.25) is 5.91 Å². The molecular weight excluding hydrogens is 464 g/mol. The van der Waals surface area contributed by atoms with Crippen molar-refractivity contribution in [2.45, 2.75) is 6.42 Å². The topological polar surface area (TPSA) is 77.1 Å². The highest BCUT2D eigenvalue weighted by Gasteiger charge is 2.27. The van der Waals surface area contributed by atoms with Crippen molar-refractivity contribution < 1.29 is 23.8 Å². The first kappa shape index (κ1) is 19.8. The Bertz CT molecular complexity index is 968. The Morgan fingerprint density at radius 3 is 2.83 bits per heavy atom. The number of nitrogens with zero attached hydrogens (tertiary/aromatic N) is 1. The van der Waals surface area contributed by atoms with Crippen LogP contribution < -0.4 is 24.4 Å². The van der Waals surface area contributed by atoms with Gasteiger partial charge in [0.25, 0.3) is 5.91 Å². The molecule has 29 heavy (non-hydrogen) atoms. The fraction of sp³-hybridized carbons (Fsp3) is 0.300. The third-order valence-corrected chi connectivity index (χ3v) is 5.33. The largest absolute Gasteiger partial charge is 0.486 e. The quantitative estimate of drug-likeness (QED) is 0.711. The maximum atomic E-state index is 12.4. The minimum absolute atomic E-state index is 0.0707. The molecule has 2 amide bonds. The zero-order valence-corrected chi connectivity index (χ0v) is 17.7. The van der Waals surface area contributed by atoms with Gasteiger partial charge in [0, 0.05) is 11.0 Å². The SMILES string of the molecule is O=C(CN1C(=O)COc2cc(Br)ccc21)NCCc1cc(Cl)c2c(c1)OCCO2. The monoisotopic (exact) mass is 480 g/mol. The zero-order chi connectivity index (χ0) is 20.4. The molecule has 0 bridgehead atoms. The molecule has 4 rings (SSSR count). The number of fused-ring (bicyclic) bond motifs is 2. The minimum atomic E-state index is -0.256. The van der Waals surface area contributed by atoms with Crippen LogP contribution in [0.2, 0.25) is 5.02 Å². The summed E-state index contributed by atoms with van der Waals surface area (Å²) in [4.78, 5) is 26.0.